The maximum absolute atomic E-state index is 11.6. The fourth-order valence-electron chi connectivity index (χ4n) is 1.84. The molecule has 4 nitrogen and oxygen atoms in total. The number of urea groups is 1. The molecule has 0 spiro atoms. The summed E-state index contributed by atoms with van der Waals surface area (Å²) in [6.07, 6.45) is 0. The lowest BCUT2D eigenvalue weighted by Crippen LogP contribution is -2.32. The SMILES string of the molecule is Cc1ccc(OCNC(=O)Nc2ccccc2)c(C)c1. The Morgan fingerprint density at radius 3 is 2.55 bits per heavy atom. The molecule has 0 radical (unpaired) electrons. The predicted octanol–water partition coefficient (Wildman–Crippen LogP) is 3.46. The Morgan fingerprint density at radius 2 is 1.85 bits per heavy atom. The number of carbonyl (C=O) groups is 1. The van der Waals surface area contributed by atoms with Crippen LogP contribution in [0.2, 0.25) is 0 Å². The first-order chi connectivity index (χ1) is 9.65. The molecule has 20 heavy (non-hydrogen) atoms. The van der Waals surface area contributed by atoms with Gasteiger partial charge < -0.3 is 15.4 Å². The number of para-hydroxylation sites is 1. The maximum Gasteiger partial charge on any atom is 0.321 e. The highest BCUT2D eigenvalue weighted by Crippen LogP contribution is 2.18. The first-order valence-corrected chi connectivity index (χ1v) is 6.45. The molecule has 0 aliphatic rings. The Labute approximate surface area is 118 Å². The number of anilines is 1. The van der Waals surface area contributed by atoms with Gasteiger partial charge in [-0.2, -0.15) is 0 Å². The molecule has 0 aliphatic heterocycles. The molecule has 2 amide bonds. The molecule has 2 N–H and O–H groups in total. The highest BCUT2D eigenvalue weighted by atomic mass is 16.5. The fourth-order valence-corrected chi connectivity index (χ4v) is 1.84. The molecule has 0 aliphatic carbocycles. The van der Waals surface area contributed by atoms with Crippen molar-refractivity contribution in [1.82, 2.24) is 5.32 Å². The van der Waals surface area contributed by atoms with E-state index in [9.17, 15) is 4.79 Å². The number of nitrogens with one attached hydrogen (secondary N) is 2. The zero-order valence-electron chi connectivity index (χ0n) is 11.6. The number of benzene rings is 2. The van der Waals surface area contributed by atoms with Gasteiger partial charge in [0.15, 0.2) is 6.73 Å². The number of ether oxygens (including phenoxy) is 1. The number of hydrogen-bond donors (Lipinski definition) is 2. The van der Waals surface area contributed by atoms with Crippen LogP contribution in [0.25, 0.3) is 0 Å². The van der Waals surface area contributed by atoms with E-state index in [-0.39, 0.29) is 12.8 Å². The molecule has 0 bridgehead atoms. The second-order valence-electron chi connectivity index (χ2n) is 4.55. The third kappa shape index (κ3) is 4.02. The van der Waals surface area contributed by atoms with E-state index in [1.807, 2.05) is 62.4 Å². The van der Waals surface area contributed by atoms with E-state index in [0.717, 1.165) is 17.0 Å². The maximum atomic E-state index is 11.6. The highest BCUT2D eigenvalue weighted by molar-refractivity contribution is 5.89. The van der Waals surface area contributed by atoms with Crippen molar-refractivity contribution in [2.45, 2.75) is 13.8 Å². The quantitative estimate of drug-likeness (QED) is 0.836. The molecule has 0 atom stereocenters. The first-order valence-electron chi connectivity index (χ1n) is 6.45. The molecule has 0 aromatic heterocycles. The van der Waals surface area contributed by atoms with Crippen molar-refractivity contribution in [2.24, 2.45) is 0 Å². The van der Waals surface area contributed by atoms with Gasteiger partial charge >= 0.3 is 6.03 Å². The number of amides is 2. The van der Waals surface area contributed by atoms with Gasteiger partial charge in [0.2, 0.25) is 0 Å². The largest absolute Gasteiger partial charge is 0.473 e. The van der Waals surface area contributed by atoms with E-state index in [0.29, 0.717) is 0 Å². The normalized spacial score (nSPS) is 9.90. The molecule has 0 saturated heterocycles. The predicted molar refractivity (Wildman–Crippen MR) is 80.0 cm³/mol. The van der Waals surface area contributed by atoms with Crippen LogP contribution in [0.4, 0.5) is 10.5 Å². The summed E-state index contributed by atoms with van der Waals surface area (Å²) in [4.78, 5) is 11.6. The second kappa shape index (κ2) is 6.61. The third-order valence-electron chi connectivity index (χ3n) is 2.82. The van der Waals surface area contributed by atoms with Crippen molar-refractivity contribution in [3.8, 4) is 5.75 Å². The highest BCUT2D eigenvalue weighted by Gasteiger charge is 2.02. The number of rotatable bonds is 4. The summed E-state index contributed by atoms with van der Waals surface area (Å²) in [5, 5.41) is 5.37. The standard InChI is InChI=1S/C16H18N2O2/c1-12-8-9-15(13(2)10-12)20-11-17-16(19)18-14-6-4-3-5-7-14/h3-10H,11H2,1-2H3,(H2,17,18,19). The van der Waals surface area contributed by atoms with E-state index >= 15 is 0 Å². The van der Waals surface area contributed by atoms with Crippen LogP contribution in [0.15, 0.2) is 48.5 Å². The summed E-state index contributed by atoms with van der Waals surface area (Å²) >= 11 is 0. The summed E-state index contributed by atoms with van der Waals surface area (Å²) in [6.45, 7) is 4.14. The molecule has 2 aromatic rings. The third-order valence-corrected chi connectivity index (χ3v) is 2.82. The van der Waals surface area contributed by atoms with Gasteiger partial charge in [-0.3, -0.25) is 0 Å². The van der Waals surface area contributed by atoms with Gasteiger partial charge in [-0.15, -0.1) is 0 Å². The minimum atomic E-state index is -0.291. The van der Waals surface area contributed by atoms with Gasteiger partial charge in [0.25, 0.3) is 0 Å². The molecular formula is C16H18N2O2. The zero-order valence-corrected chi connectivity index (χ0v) is 11.6. The van der Waals surface area contributed by atoms with Crippen molar-refractivity contribution in [1.29, 1.82) is 0 Å². The van der Waals surface area contributed by atoms with E-state index < -0.39 is 0 Å². The summed E-state index contributed by atoms with van der Waals surface area (Å²) in [5.41, 5.74) is 2.98. The van der Waals surface area contributed by atoms with Crippen LogP contribution < -0.4 is 15.4 Å². The fraction of sp³-hybridized carbons (Fsp3) is 0.188. The average Bonchev–Trinajstić information content (AvgIpc) is 2.42. The minimum absolute atomic E-state index is 0.128. The summed E-state index contributed by atoms with van der Waals surface area (Å²) in [5.74, 6) is 0.774. The number of carbonyl (C=O) groups excluding carboxylic acids is 1. The average molecular weight is 270 g/mol. The lowest BCUT2D eigenvalue weighted by atomic mass is 10.1. The molecule has 0 unspecified atom stereocenters. The molecule has 0 saturated carbocycles. The number of hydrogen-bond acceptors (Lipinski definition) is 2. The Hall–Kier alpha value is -2.49. The Bertz CT molecular complexity index is 582. The molecule has 2 aromatic carbocycles. The van der Waals surface area contributed by atoms with Crippen LogP contribution in [0.5, 0.6) is 5.75 Å². The summed E-state index contributed by atoms with van der Waals surface area (Å²) in [7, 11) is 0. The molecule has 4 heteroatoms. The van der Waals surface area contributed by atoms with Crippen molar-refractivity contribution < 1.29 is 9.53 Å². The Balaban J connectivity index is 1.79. The summed E-state index contributed by atoms with van der Waals surface area (Å²) in [6, 6.07) is 14.9. The van der Waals surface area contributed by atoms with Crippen LogP contribution >= 0.6 is 0 Å². The van der Waals surface area contributed by atoms with Gasteiger partial charge in [-0.1, -0.05) is 35.9 Å². The van der Waals surface area contributed by atoms with Gasteiger partial charge in [-0.25, -0.2) is 4.79 Å². The van der Waals surface area contributed by atoms with E-state index in [2.05, 4.69) is 10.6 Å². The molecular weight excluding hydrogens is 252 g/mol. The van der Waals surface area contributed by atoms with Gasteiger partial charge in [0, 0.05) is 5.69 Å². The molecule has 2 rings (SSSR count). The lowest BCUT2D eigenvalue weighted by Gasteiger charge is -2.11. The van der Waals surface area contributed by atoms with Crippen molar-refractivity contribution in [3.63, 3.8) is 0 Å². The zero-order chi connectivity index (χ0) is 14.4. The lowest BCUT2D eigenvalue weighted by molar-refractivity contribution is 0.234. The van der Waals surface area contributed by atoms with E-state index in [1.54, 1.807) is 0 Å². The monoisotopic (exact) mass is 270 g/mol. The van der Waals surface area contributed by atoms with Gasteiger partial charge in [-0.05, 0) is 37.6 Å². The van der Waals surface area contributed by atoms with Gasteiger partial charge in [0.1, 0.15) is 5.75 Å². The van der Waals surface area contributed by atoms with Crippen LogP contribution in [-0.2, 0) is 0 Å². The summed E-state index contributed by atoms with van der Waals surface area (Å²) < 4.78 is 5.53. The molecule has 104 valence electrons. The van der Waals surface area contributed by atoms with Crippen LogP contribution in [0, 0.1) is 13.8 Å². The first kappa shape index (κ1) is 13.9. The molecule has 0 fully saturated rings. The smallest absolute Gasteiger partial charge is 0.321 e. The number of aryl methyl sites for hydroxylation is 2. The van der Waals surface area contributed by atoms with Gasteiger partial charge in [0.05, 0.1) is 0 Å². The van der Waals surface area contributed by atoms with Crippen molar-refractivity contribution >= 4 is 11.7 Å². The topological polar surface area (TPSA) is 50.4 Å². The Morgan fingerprint density at radius 1 is 1.10 bits per heavy atom. The second-order valence-corrected chi connectivity index (χ2v) is 4.55. The van der Waals surface area contributed by atoms with E-state index in [1.165, 1.54) is 5.56 Å². The van der Waals surface area contributed by atoms with Crippen LogP contribution in [0.1, 0.15) is 11.1 Å². The molecule has 0 heterocycles. The minimum Gasteiger partial charge on any atom is -0.473 e. The Kier molecular flexibility index (Phi) is 4.60. The van der Waals surface area contributed by atoms with Crippen LogP contribution in [0.3, 0.4) is 0 Å². The van der Waals surface area contributed by atoms with Crippen LogP contribution in [-0.4, -0.2) is 12.8 Å². The van der Waals surface area contributed by atoms with Crippen molar-refractivity contribution in [2.75, 3.05) is 12.0 Å². The van der Waals surface area contributed by atoms with E-state index in [4.69, 9.17) is 4.74 Å². The van der Waals surface area contributed by atoms with Crippen molar-refractivity contribution in [3.05, 3.63) is 59.7 Å².